The fourth-order valence-corrected chi connectivity index (χ4v) is 2.78. The Morgan fingerprint density at radius 1 is 1.11 bits per heavy atom. The summed E-state index contributed by atoms with van der Waals surface area (Å²) < 4.78 is 0. The Bertz CT molecular complexity index is 428. The Kier molecular flexibility index (Phi) is 3.45. The van der Waals surface area contributed by atoms with Crippen LogP contribution in [0.4, 0.5) is 0 Å². The number of nitrogens with zero attached hydrogens (tertiary/aromatic N) is 2. The Morgan fingerprint density at radius 3 is 2.11 bits per heavy atom. The number of piperidine rings is 1. The molecule has 18 heavy (non-hydrogen) atoms. The minimum absolute atomic E-state index is 0.207. The molecule has 0 aliphatic carbocycles. The first-order valence-electron chi connectivity index (χ1n) is 6.70. The molecule has 96 valence electrons. The van der Waals surface area contributed by atoms with Crippen molar-refractivity contribution in [3.8, 4) is 6.07 Å². The third kappa shape index (κ3) is 2.42. The highest BCUT2D eigenvalue weighted by atomic mass is 15.2. The van der Waals surface area contributed by atoms with Gasteiger partial charge >= 0.3 is 0 Å². The van der Waals surface area contributed by atoms with Crippen molar-refractivity contribution in [3.63, 3.8) is 0 Å². The number of nitriles is 1. The first kappa shape index (κ1) is 13.1. The summed E-state index contributed by atoms with van der Waals surface area (Å²) >= 11 is 0. The van der Waals surface area contributed by atoms with Gasteiger partial charge in [0.1, 0.15) is 0 Å². The average molecular weight is 242 g/mol. The summed E-state index contributed by atoms with van der Waals surface area (Å²) in [6.45, 7) is 8.75. The van der Waals surface area contributed by atoms with Gasteiger partial charge in [-0.1, -0.05) is 30.3 Å². The van der Waals surface area contributed by atoms with E-state index in [2.05, 4.69) is 43.9 Å². The van der Waals surface area contributed by atoms with Crippen molar-refractivity contribution < 1.29 is 0 Å². The van der Waals surface area contributed by atoms with E-state index in [1.165, 1.54) is 5.56 Å². The van der Waals surface area contributed by atoms with E-state index in [9.17, 15) is 5.26 Å². The Labute approximate surface area is 110 Å². The molecule has 0 radical (unpaired) electrons. The molecule has 1 heterocycles. The molecule has 1 aliphatic heterocycles. The quantitative estimate of drug-likeness (QED) is 0.755. The standard InChI is InChI=1S/C16H22N2/c1-15(2,3)18-11-9-16(13-17,10-12-18)14-7-5-4-6-8-14/h4-8H,9-12H2,1-3H3. The highest BCUT2D eigenvalue weighted by Crippen LogP contribution is 2.36. The largest absolute Gasteiger partial charge is 0.298 e. The lowest BCUT2D eigenvalue weighted by atomic mass is 9.73. The number of likely N-dealkylation sites (tertiary alicyclic amines) is 1. The van der Waals surface area contributed by atoms with E-state index in [0.717, 1.165) is 25.9 Å². The van der Waals surface area contributed by atoms with E-state index in [-0.39, 0.29) is 11.0 Å². The van der Waals surface area contributed by atoms with Gasteiger partial charge in [-0.25, -0.2) is 0 Å². The van der Waals surface area contributed by atoms with Crippen LogP contribution in [0.5, 0.6) is 0 Å². The highest BCUT2D eigenvalue weighted by Gasteiger charge is 2.38. The van der Waals surface area contributed by atoms with Crippen LogP contribution >= 0.6 is 0 Å². The van der Waals surface area contributed by atoms with Crippen molar-refractivity contribution in [1.82, 2.24) is 4.90 Å². The summed E-state index contributed by atoms with van der Waals surface area (Å²) in [5.74, 6) is 0. The van der Waals surface area contributed by atoms with Crippen LogP contribution in [-0.2, 0) is 5.41 Å². The molecular formula is C16H22N2. The Morgan fingerprint density at radius 2 is 1.67 bits per heavy atom. The van der Waals surface area contributed by atoms with Crippen LogP contribution in [0.3, 0.4) is 0 Å². The topological polar surface area (TPSA) is 27.0 Å². The zero-order chi connectivity index (χ0) is 13.2. The Hall–Kier alpha value is -1.33. The predicted molar refractivity (Wildman–Crippen MR) is 74.3 cm³/mol. The minimum Gasteiger partial charge on any atom is -0.298 e. The van der Waals surface area contributed by atoms with Crippen LogP contribution in [0.15, 0.2) is 30.3 Å². The molecule has 0 spiro atoms. The second-order valence-corrected chi connectivity index (χ2v) is 6.22. The van der Waals surface area contributed by atoms with Crippen LogP contribution in [0.1, 0.15) is 39.2 Å². The Balaban J connectivity index is 2.18. The minimum atomic E-state index is -0.275. The van der Waals surface area contributed by atoms with Gasteiger partial charge in [0.15, 0.2) is 0 Å². The van der Waals surface area contributed by atoms with Gasteiger partial charge in [-0.15, -0.1) is 0 Å². The van der Waals surface area contributed by atoms with Crippen molar-refractivity contribution in [2.75, 3.05) is 13.1 Å². The third-order valence-electron chi connectivity index (χ3n) is 4.11. The molecule has 0 bridgehead atoms. The van der Waals surface area contributed by atoms with Crippen molar-refractivity contribution in [2.24, 2.45) is 0 Å². The van der Waals surface area contributed by atoms with E-state index in [4.69, 9.17) is 0 Å². The summed E-state index contributed by atoms with van der Waals surface area (Å²) in [5.41, 5.74) is 1.11. The van der Waals surface area contributed by atoms with Crippen molar-refractivity contribution in [1.29, 1.82) is 5.26 Å². The van der Waals surface area contributed by atoms with Crippen LogP contribution in [0.2, 0.25) is 0 Å². The third-order valence-corrected chi connectivity index (χ3v) is 4.11. The van der Waals surface area contributed by atoms with E-state index in [1.807, 2.05) is 18.2 Å². The van der Waals surface area contributed by atoms with Crippen LogP contribution < -0.4 is 0 Å². The van der Waals surface area contributed by atoms with E-state index in [1.54, 1.807) is 0 Å². The van der Waals surface area contributed by atoms with E-state index >= 15 is 0 Å². The number of hydrogen-bond donors (Lipinski definition) is 0. The lowest BCUT2D eigenvalue weighted by Crippen LogP contribution is -2.50. The zero-order valence-corrected chi connectivity index (χ0v) is 11.6. The molecule has 1 aromatic rings. The van der Waals surface area contributed by atoms with Gasteiger partial charge in [0, 0.05) is 18.6 Å². The van der Waals surface area contributed by atoms with Crippen LogP contribution in [0, 0.1) is 11.3 Å². The van der Waals surface area contributed by atoms with Crippen molar-refractivity contribution >= 4 is 0 Å². The molecule has 2 heteroatoms. The second-order valence-electron chi connectivity index (χ2n) is 6.22. The first-order valence-corrected chi connectivity index (χ1v) is 6.70. The summed E-state index contributed by atoms with van der Waals surface area (Å²) in [5, 5.41) is 9.62. The summed E-state index contributed by atoms with van der Waals surface area (Å²) in [7, 11) is 0. The lowest BCUT2D eigenvalue weighted by molar-refractivity contribution is 0.0884. The van der Waals surface area contributed by atoms with Crippen LogP contribution in [-0.4, -0.2) is 23.5 Å². The maximum atomic E-state index is 9.62. The molecule has 0 aromatic heterocycles. The van der Waals surface area contributed by atoms with Gasteiger partial charge in [0.25, 0.3) is 0 Å². The van der Waals surface area contributed by atoms with E-state index < -0.39 is 0 Å². The molecule has 1 fully saturated rings. The number of hydrogen-bond acceptors (Lipinski definition) is 2. The van der Waals surface area contributed by atoms with Crippen molar-refractivity contribution in [3.05, 3.63) is 35.9 Å². The van der Waals surface area contributed by atoms with Gasteiger partial charge in [-0.2, -0.15) is 5.26 Å². The van der Waals surface area contributed by atoms with Gasteiger partial charge in [0.05, 0.1) is 11.5 Å². The highest BCUT2D eigenvalue weighted by molar-refractivity contribution is 5.33. The van der Waals surface area contributed by atoms with Crippen LogP contribution in [0.25, 0.3) is 0 Å². The summed E-state index contributed by atoms with van der Waals surface area (Å²) in [4.78, 5) is 2.48. The molecule has 0 saturated carbocycles. The van der Waals surface area contributed by atoms with Gasteiger partial charge in [-0.3, -0.25) is 4.90 Å². The molecule has 0 atom stereocenters. The van der Waals surface area contributed by atoms with Gasteiger partial charge in [0.2, 0.25) is 0 Å². The average Bonchev–Trinajstić information content (AvgIpc) is 2.39. The zero-order valence-electron chi connectivity index (χ0n) is 11.6. The predicted octanol–water partition coefficient (Wildman–Crippen LogP) is 3.34. The molecule has 0 unspecified atom stereocenters. The van der Waals surface area contributed by atoms with Gasteiger partial charge in [-0.05, 0) is 39.2 Å². The smallest absolute Gasteiger partial charge is 0.0846 e. The molecule has 0 amide bonds. The molecule has 1 saturated heterocycles. The molecular weight excluding hydrogens is 220 g/mol. The number of rotatable bonds is 1. The summed E-state index contributed by atoms with van der Waals surface area (Å²) in [6.07, 6.45) is 1.87. The molecule has 1 aliphatic rings. The first-order chi connectivity index (χ1) is 8.48. The number of benzene rings is 1. The molecule has 1 aromatic carbocycles. The SMILES string of the molecule is CC(C)(C)N1CCC(C#N)(c2ccccc2)CC1. The molecule has 2 nitrogen and oxygen atoms in total. The molecule has 0 N–H and O–H groups in total. The fraction of sp³-hybridized carbons (Fsp3) is 0.562. The summed E-state index contributed by atoms with van der Waals surface area (Å²) in [6, 6.07) is 12.8. The fourth-order valence-electron chi connectivity index (χ4n) is 2.78. The lowest BCUT2D eigenvalue weighted by Gasteiger charge is -2.44. The van der Waals surface area contributed by atoms with Crippen molar-refractivity contribution in [2.45, 2.75) is 44.6 Å². The van der Waals surface area contributed by atoms with E-state index in [0.29, 0.717) is 0 Å². The normalized spacial score (nSPS) is 20.3. The molecule has 2 rings (SSSR count). The second kappa shape index (κ2) is 4.74. The monoisotopic (exact) mass is 242 g/mol. The maximum absolute atomic E-state index is 9.62. The maximum Gasteiger partial charge on any atom is 0.0846 e. The van der Waals surface area contributed by atoms with Gasteiger partial charge < -0.3 is 0 Å².